The number of benzene rings is 1. The predicted molar refractivity (Wildman–Crippen MR) is 132 cm³/mol. The zero-order valence-electron chi connectivity index (χ0n) is 21.7. The molecule has 1 amide bonds. The maximum Gasteiger partial charge on any atom is 0.417 e. The molecule has 4 bridgehead atoms. The van der Waals surface area contributed by atoms with Crippen LogP contribution in [0.15, 0.2) is 24.4 Å². The molecule has 200 valence electrons. The summed E-state index contributed by atoms with van der Waals surface area (Å²) >= 11 is 0. The molecule has 0 aliphatic heterocycles. The van der Waals surface area contributed by atoms with Crippen molar-refractivity contribution in [2.45, 2.75) is 77.4 Å². The molecule has 1 heterocycles. The number of nitrogens with zero attached hydrogens (tertiary/aromatic N) is 2. The molecule has 0 unspecified atom stereocenters. The third-order valence-corrected chi connectivity index (χ3v) is 8.30. The number of carbonyl (C=O) groups excluding carboxylic acids is 2. The van der Waals surface area contributed by atoms with Crippen LogP contribution in [0.1, 0.15) is 91.8 Å². The van der Waals surface area contributed by atoms with Gasteiger partial charge in [-0.1, -0.05) is 20.8 Å². The van der Waals surface area contributed by atoms with Gasteiger partial charge in [0.2, 0.25) is 0 Å². The van der Waals surface area contributed by atoms with E-state index in [1.807, 2.05) is 20.8 Å². The standard InChI is InChI=1S/C28H34F3N3O3/c1-5-37-26(36)20-7-6-19(13-22(20)28(29,30)31)34-24(27(2,3)4)21(14-32-34)25(35)33-23-17-9-15-8-16(11-17)12-18(23)10-15/h6-7,13-18,23H,5,8-12H2,1-4H3,(H,33,35). The van der Waals surface area contributed by atoms with Crippen molar-refractivity contribution in [3.8, 4) is 5.69 Å². The lowest BCUT2D eigenvalue weighted by atomic mass is 9.54. The van der Waals surface area contributed by atoms with E-state index in [1.165, 1.54) is 30.3 Å². The van der Waals surface area contributed by atoms with Crippen LogP contribution in [0.4, 0.5) is 13.2 Å². The van der Waals surface area contributed by atoms with Crippen LogP contribution in [-0.2, 0) is 16.3 Å². The van der Waals surface area contributed by atoms with E-state index in [2.05, 4.69) is 10.4 Å². The van der Waals surface area contributed by atoms with Crippen molar-refractivity contribution in [1.29, 1.82) is 0 Å². The molecule has 2 aromatic rings. The molecule has 4 aliphatic rings. The molecule has 9 heteroatoms. The minimum absolute atomic E-state index is 0.0340. The largest absolute Gasteiger partial charge is 0.462 e. The first kappa shape index (κ1) is 25.8. The minimum Gasteiger partial charge on any atom is -0.462 e. The van der Waals surface area contributed by atoms with Gasteiger partial charge in [0.15, 0.2) is 0 Å². The second-order valence-electron chi connectivity index (χ2n) is 11.9. The molecule has 0 atom stereocenters. The van der Waals surface area contributed by atoms with Crippen molar-refractivity contribution >= 4 is 11.9 Å². The SMILES string of the molecule is CCOC(=O)c1ccc(-n2ncc(C(=O)NC3C4CC5CC(C4)CC3C5)c2C(C)(C)C)cc1C(F)(F)F. The Morgan fingerprint density at radius 2 is 1.65 bits per heavy atom. The molecule has 1 N–H and O–H groups in total. The van der Waals surface area contributed by atoms with Crippen LogP contribution >= 0.6 is 0 Å². The highest BCUT2D eigenvalue weighted by atomic mass is 19.4. The highest BCUT2D eigenvalue weighted by Crippen LogP contribution is 2.53. The van der Waals surface area contributed by atoms with Crippen LogP contribution in [0.5, 0.6) is 0 Å². The second kappa shape index (κ2) is 9.17. The Morgan fingerprint density at radius 1 is 1.03 bits per heavy atom. The maximum atomic E-state index is 13.9. The van der Waals surface area contributed by atoms with Crippen molar-refractivity contribution in [2.24, 2.45) is 23.7 Å². The van der Waals surface area contributed by atoms with Crippen LogP contribution in [0, 0.1) is 23.7 Å². The average Bonchev–Trinajstić information content (AvgIpc) is 3.26. The zero-order valence-corrected chi connectivity index (χ0v) is 21.7. The van der Waals surface area contributed by atoms with Crippen LogP contribution in [0.3, 0.4) is 0 Å². The van der Waals surface area contributed by atoms with E-state index in [0.29, 0.717) is 23.1 Å². The Balaban J connectivity index is 1.49. The summed E-state index contributed by atoms with van der Waals surface area (Å²) in [6.45, 7) is 7.20. The van der Waals surface area contributed by atoms with Crippen molar-refractivity contribution in [1.82, 2.24) is 15.1 Å². The first-order chi connectivity index (χ1) is 17.4. The number of carbonyl (C=O) groups is 2. The van der Waals surface area contributed by atoms with E-state index in [0.717, 1.165) is 49.7 Å². The smallest absolute Gasteiger partial charge is 0.417 e. The van der Waals surface area contributed by atoms with Gasteiger partial charge in [-0.2, -0.15) is 18.3 Å². The Bertz CT molecular complexity index is 1180. The molecule has 1 aromatic carbocycles. The van der Waals surface area contributed by atoms with E-state index in [9.17, 15) is 22.8 Å². The summed E-state index contributed by atoms with van der Waals surface area (Å²) in [6, 6.07) is 3.55. The lowest BCUT2D eigenvalue weighted by molar-refractivity contribution is -0.138. The van der Waals surface area contributed by atoms with Gasteiger partial charge in [-0.25, -0.2) is 9.48 Å². The monoisotopic (exact) mass is 517 g/mol. The number of rotatable bonds is 5. The highest BCUT2D eigenvalue weighted by molar-refractivity contribution is 5.96. The first-order valence-electron chi connectivity index (χ1n) is 13.1. The molecule has 4 fully saturated rings. The van der Waals surface area contributed by atoms with Gasteiger partial charge in [-0.15, -0.1) is 0 Å². The fraction of sp³-hybridized carbons (Fsp3) is 0.607. The minimum atomic E-state index is -4.77. The fourth-order valence-corrected chi connectivity index (χ4v) is 7.11. The van der Waals surface area contributed by atoms with E-state index < -0.39 is 28.7 Å². The summed E-state index contributed by atoms with van der Waals surface area (Å²) in [5.74, 6) is 1.30. The van der Waals surface area contributed by atoms with Crippen molar-refractivity contribution in [2.75, 3.05) is 6.61 Å². The molecule has 0 spiro atoms. The summed E-state index contributed by atoms with van der Waals surface area (Å²) in [5, 5.41) is 7.66. The summed E-state index contributed by atoms with van der Waals surface area (Å²) in [5.41, 5.74) is -1.24. The number of ether oxygens (including phenoxy) is 1. The van der Waals surface area contributed by atoms with Crippen LogP contribution in [0.25, 0.3) is 5.69 Å². The lowest BCUT2D eigenvalue weighted by Crippen LogP contribution is -2.55. The molecule has 4 aliphatic carbocycles. The van der Waals surface area contributed by atoms with Gasteiger partial charge >= 0.3 is 12.1 Å². The maximum absolute atomic E-state index is 13.9. The number of amides is 1. The van der Waals surface area contributed by atoms with Crippen molar-refractivity contribution in [3.63, 3.8) is 0 Å². The van der Waals surface area contributed by atoms with Gasteiger partial charge in [-0.05, 0) is 80.9 Å². The van der Waals surface area contributed by atoms with Gasteiger partial charge in [0, 0.05) is 11.5 Å². The van der Waals surface area contributed by atoms with Crippen molar-refractivity contribution in [3.05, 3.63) is 46.8 Å². The summed E-state index contributed by atoms with van der Waals surface area (Å²) < 4.78 is 47.9. The molecule has 0 saturated heterocycles. The molecule has 1 aromatic heterocycles. The molecule has 0 radical (unpaired) electrons. The van der Waals surface area contributed by atoms with Crippen molar-refractivity contribution < 1.29 is 27.5 Å². The Labute approximate surface area is 214 Å². The lowest BCUT2D eigenvalue weighted by Gasteiger charge is -2.54. The Kier molecular flexibility index (Phi) is 6.39. The van der Waals surface area contributed by atoms with E-state index in [-0.39, 0.29) is 24.2 Å². The van der Waals surface area contributed by atoms with Gasteiger partial charge in [0.25, 0.3) is 5.91 Å². The summed E-state index contributed by atoms with van der Waals surface area (Å²) in [4.78, 5) is 25.8. The van der Waals surface area contributed by atoms with Gasteiger partial charge in [0.05, 0.1) is 40.9 Å². The van der Waals surface area contributed by atoms with Gasteiger partial charge in [-0.3, -0.25) is 4.79 Å². The van der Waals surface area contributed by atoms with Crippen LogP contribution in [-0.4, -0.2) is 34.3 Å². The first-order valence-corrected chi connectivity index (χ1v) is 13.1. The number of alkyl halides is 3. The van der Waals surface area contributed by atoms with Gasteiger partial charge < -0.3 is 10.1 Å². The number of hydrogen-bond donors (Lipinski definition) is 1. The Hall–Kier alpha value is -2.84. The van der Waals surface area contributed by atoms with Crippen LogP contribution in [0.2, 0.25) is 0 Å². The van der Waals surface area contributed by atoms with Crippen LogP contribution < -0.4 is 5.32 Å². The Morgan fingerprint density at radius 3 is 2.19 bits per heavy atom. The number of esters is 1. The molecular weight excluding hydrogens is 483 g/mol. The quantitative estimate of drug-likeness (QED) is 0.500. The third kappa shape index (κ3) is 4.77. The van der Waals surface area contributed by atoms with E-state index >= 15 is 0 Å². The highest BCUT2D eigenvalue weighted by Gasteiger charge is 2.49. The third-order valence-electron chi connectivity index (χ3n) is 8.30. The molecule has 6 nitrogen and oxygen atoms in total. The number of aromatic nitrogens is 2. The topological polar surface area (TPSA) is 73.2 Å². The molecule has 4 saturated carbocycles. The molecule has 37 heavy (non-hydrogen) atoms. The van der Waals surface area contributed by atoms with E-state index in [4.69, 9.17) is 4.74 Å². The van der Waals surface area contributed by atoms with Gasteiger partial charge in [0.1, 0.15) is 0 Å². The van der Waals surface area contributed by atoms with E-state index in [1.54, 1.807) is 0 Å². The number of halogens is 3. The normalized spacial score (nSPS) is 26.8. The average molecular weight is 518 g/mol. The second-order valence-corrected chi connectivity index (χ2v) is 11.9. The molecular formula is C28H34F3N3O3. The fourth-order valence-electron chi connectivity index (χ4n) is 7.11. The molecule has 6 rings (SSSR count). The zero-order chi connectivity index (χ0) is 26.7. The summed E-state index contributed by atoms with van der Waals surface area (Å²) in [7, 11) is 0. The number of hydrogen-bond acceptors (Lipinski definition) is 4. The summed E-state index contributed by atoms with van der Waals surface area (Å²) in [6.07, 6.45) is 2.65. The predicted octanol–water partition coefficient (Wildman–Crippen LogP) is 5.92. The number of nitrogens with one attached hydrogen (secondary N) is 1.